The number of aliphatic hydroxyl groups excluding tert-OH is 1. The van der Waals surface area contributed by atoms with Gasteiger partial charge in [0.15, 0.2) is 0 Å². The first-order valence-electron chi connectivity index (χ1n) is 12.9. The van der Waals surface area contributed by atoms with Crippen molar-refractivity contribution >= 4 is 17.5 Å². The second-order valence-corrected chi connectivity index (χ2v) is 10.3. The van der Waals surface area contributed by atoms with Crippen LogP contribution in [0.4, 0.5) is 8.78 Å². The van der Waals surface area contributed by atoms with E-state index in [1.54, 1.807) is 36.5 Å². The summed E-state index contributed by atoms with van der Waals surface area (Å²) < 4.78 is 36.4. The summed E-state index contributed by atoms with van der Waals surface area (Å²) in [4.78, 5) is 19.2. The zero-order valence-electron chi connectivity index (χ0n) is 20.8. The van der Waals surface area contributed by atoms with Gasteiger partial charge in [0.25, 0.3) is 5.91 Å². The van der Waals surface area contributed by atoms with E-state index < -0.39 is 29.5 Å². The molecule has 9 heteroatoms. The molecule has 3 aromatic rings. The predicted molar refractivity (Wildman–Crippen MR) is 141 cm³/mol. The molecule has 1 aliphatic carbocycles. The van der Waals surface area contributed by atoms with Crippen LogP contribution in [0.5, 0.6) is 5.75 Å². The molecule has 200 valence electrons. The molecule has 5 rings (SSSR count). The molecule has 1 aliphatic heterocycles. The van der Waals surface area contributed by atoms with E-state index in [0.29, 0.717) is 27.6 Å². The van der Waals surface area contributed by atoms with Crippen molar-refractivity contribution < 1.29 is 23.4 Å². The number of aromatic nitrogens is 1. The molecule has 2 atom stereocenters. The number of benzene rings is 2. The molecule has 2 aliphatic rings. The molecule has 2 N–H and O–H groups in total. The topological polar surface area (TPSA) is 74.7 Å². The van der Waals surface area contributed by atoms with Crippen LogP contribution < -0.4 is 10.1 Å². The number of likely N-dealkylation sites (tertiary alicyclic amines) is 1. The van der Waals surface area contributed by atoms with Crippen LogP contribution in [0.2, 0.25) is 5.02 Å². The number of hydrogen-bond donors (Lipinski definition) is 2. The van der Waals surface area contributed by atoms with E-state index in [9.17, 15) is 9.90 Å². The van der Waals surface area contributed by atoms with E-state index in [4.69, 9.17) is 16.3 Å². The first-order chi connectivity index (χ1) is 18.3. The lowest BCUT2D eigenvalue weighted by Gasteiger charge is -2.30. The first-order valence-corrected chi connectivity index (χ1v) is 13.3. The molecule has 1 aromatic heterocycles. The van der Waals surface area contributed by atoms with E-state index in [1.165, 1.54) is 24.3 Å². The van der Waals surface area contributed by atoms with Crippen molar-refractivity contribution in [2.75, 3.05) is 19.6 Å². The number of hydrogen-bond acceptors (Lipinski definition) is 5. The Morgan fingerprint density at radius 2 is 1.87 bits per heavy atom. The number of nitrogens with zero attached hydrogens (tertiary/aromatic N) is 2. The van der Waals surface area contributed by atoms with E-state index in [2.05, 4.69) is 15.2 Å². The summed E-state index contributed by atoms with van der Waals surface area (Å²) in [6.45, 7) is 1.79. The Morgan fingerprint density at radius 1 is 1.13 bits per heavy atom. The minimum absolute atomic E-state index is 0.158. The van der Waals surface area contributed by atoms with Crippen molar-refractivity contribution in [2.45, 2.75) is 49.9 Å². The number of carbonyl (C=O) groups is 1. The average molecular weight is 542 g/mol. The molecule has 0 bridgehead atoms. The van der Waals surface area contributed by atoms with Gasteiger partial charge in [-0.1, -0.05) is 48.0 Å². The summed E-state index contributed by atoms with van der Waals surface area (Å²) in [6.07, 6.45) is 4.46. The molecule has 2 heterocycles. The third-order valence-electron chi connectivity index (χ3n) is 6.96. The zero-order valence-corrected chi connectivity index (χ0v) is 21.6. The van der Waals surface area contributed by atoms with Crippen LogP contribution in [0.3, 0.4) is 0 Å². The van der Waals surface area contributed by atoms with Gasteiger partial charge < -0.3 is 20.1 Å². The van der Waals surface area contributed by atoms with Crippen LogP contribution in [0.1, 0.15) is 42.9 Å². The van der Waals surface area contributed by atoms with Gasteiger partial charge in [-0.3, -0.25) is 9.78 Å². The number of pyridine rings is 1. The Bertz CT molecular complexity index is 1250. The number of alkyl halides is 2. The van der Waals surface area contributed by atoms with Crippen molar-refractivity contribution in [3.63, 3.8) is 0 Å². The predicted octanol–water partition coefficient (Wildman–Crippen LogP) is 5.35. The van der Waals surface area contributed by atoms with Crippen LogP contribution >= 0.6 is 11.6 Å². The summed E-state index contributed by atoms with van der Waals surface area (Å²) in [6, 6.07) is 14.8. The third kappa shape index (κ3) is 6.14. The molecule has 38 heavy (non-hydrogen) atoms. The molecular formula is C29H30ClF2N3O3. The highest BCUT2D eigenvalue weighted by atomic mass is 35.5. The number of ether oxygens (including phenoxy) is 1. The molecule has 2 aromatic carbocycles. The quantitative estimate of drug-likeness (QED) is 0.362. The highest BCUT2D eigenvalue weighted by Gasteiger charge is 2.43. The Hall–Kier alpha value is -3.07. The lowest BCUT2D eigenvalue weighted by molar-refractivity contribution is -0.149. The van der Waals surface area contributed by atoms with E-state index in [1.807, 2.05) is 6.07 Å². The average Bonchev–Trinajstić information content (AvgIpc) is 3.61. The van der Waals surface area contributed by atoms with Crippen molar-refractivity contribution in [1.29, 1.82) is 0 Å². The molecule has 1 saturated carbocycles. The Labute approximate surface area is 225 Å². The van der Waals surface area contributed by atoms with Gasteiger partial charge in [0.05, 0.1) is 22.9 Å². The molecular weight excluding hydrogens is 512 g/mol. The van der Waals surface area contributed by atoms with Gasteiger partial charge in [0, 0.05) is 23.9 Å². The van der Waals surface area contributed by atoms with E-state index in [-0.39, 0.29) is 12.6 Å². The van der Waals surface area contributed by atoms with Gasteiger partial charge >= 0.3 is 5.92 Å². The van der Waals surface area contributed by atoms with Crippen molar-refractivity contribution in [3.05, 3.63) is 83.0 Å². The minimum atomic E-state index is -3.80. The summed E-state index contributed by atoms with van der Waals surface area (Å²) in [5.41, 5.74) is 1.30. The largest absolute Gasteiger partial charge is 0.489 e. The van der Waals surface area contributed by atoms with Crippen LogP contribution in [0.15, 0.2) is 66.9 Å². The summed E-state index contributed by atoms with van der Waals surface area (Å²) in [5.74, 6) is -4.75. The van der Waals surface area contributed by atoms with Crippen molar-refractivity contribution in [3.8, 4) is 17.0 Å². The molecule has 6 nitrogen and oxygen atoms in total. The highest BCUT2D eigenvalue weighted by Crippen LogP contribution is 2.35. The third-order valence-corrected chi connectivity index (χ3v) is 7.26. The number of aliphatic hydroxyl groups is 1. The second-order valence-electron chi connectivity index (χ2n) is 9.91. The number of nitrogens with one attached hydrogen (secondary N) is 1. The standard InChI is InChI=1S/C29H30ClF2N3O3/c30-23-17-20(8-13-26(23)38-22-11-12-22)27(36)25(18-35-15-3-4-16-35)34-28(37)29(31,32)21-9-6-19(7-10-21)24-5-1-2-14-33-24/h1-2,5-10,13-14,17,22,25,27,36H,3-4,11-12,15-16,18H2,(H,34,37)/t25-,27-/m1/s1. The lowest BCUT2D eigenvalue weighted by atomic mass is 9.99. The summed E-state index contributed by atoms with van der Waals surface area (Å²) >= 11 is 6.38. The first kappa shape index (κ1) is 26.5. The normalized spacial score (nSPS) is 17.7. The van der Waals surface area contributed by atoms with Crippen LogP contribution in [-0.4, -0.2) is 52.7 Å². The van der Waals surface area contributed by atoms with Gasteiger partial charge in [0.1, 0.15) is 11.9 Å². The Morgan fingerprint density at radius 3 is 2.50 bits per heavy atom. The number of halogens is 3. The fourth-order valence-electron chi connectivity index (χ4n) is 4.64. The Balaban J connectivity index is 1.33. The summed E-state index contributed by atoms with van der Waals surface area (Å²) in [7, 11) is 0. The molecule has 0 unspecified atom stereocenters. The maximum Gasteiger partial charge on any atom is 0.349 e. The highest BCUT2D eigenvalue weighted by molar-refractivity contribution is 6.32. The smallest absolute Gasteiger partial charge is 0.349 e. The molecule has 1 amide bonds. The fraction of sp³-hybridized carbons (Fsp3) is 0.379. The fourth-order valence-corrected chi connectivity index (χ4v) is 4.87. The number of carbonyl (C=O) groups excluding carboxylic acids is 1. The maximum atomic E-state index is 15.3. The molecule has 0 radical (unpaired) electrons. The molecule has 1 saturated heterocycles. The van der Waals surface area contributed by atoms with Crippen LogP contribution in [-0.2, 0) is 10.7 Å². The van der Waals surface area contributed by atoms with Crippen LogP contribution in [0.25, 0.3) is 11.3 Å². The molecule has 2 fully saturated rings. The van der Waals surface area contributed by atoms with Gasteiger partial charge in [0.2, 0.25) is 0 Å². The maximum absolute atomic E-state index is 15.3. The monoisotopic (exact) mass is 541 g/mol. The van der Waals surface area contributed by atoms with Gasteiger partial charge in [-0.25, -0.2) is 0 Å². The van der Waals surface area contributed by atoms with Crippen LogP contribution in [0, 0.1) is 0 Å². The Kier molecular flexibility index (Phi) is 7.93. The van der Waals surface area contributed by atoms with Gasteiger partial charge in [-0.15, -0.1) is 0 Å². The van der Waals surface area contributed by atoms with Gasteiger partial charge in [-0.05, 0) is 68.6 Å². The number of rotatable bonds is 10. The minimum Gasteiger partial charge on any atom is -0.489 e. The summed E-state index contributed by atoms with van der Waals surface area (Å²) in [5, 5.41) is 14.0. The SMILES string of the molecule is O=C(N[C@H](CN1CCCC1)[C@H](O)c1ccc(OC2CC2)c(Cl)c1)C(F)(F)c1ccc(-c2ccccn2)cc1. The second kappa shape index (κ2) is 11.4. The molecule has 0 spiro atoms. The number of amides is 1. The lowest BCUT2D eigenvalue weighted by Crippen LogP contribution is -2.50. The van der Waals surface area contributed by atoms with E-state index in [0.717, 1.165) is 38.8 Å². The van der Waals surface area contributed by atoms with Crippen molar-refractivity contribution in [2.24, 2.45) is 0 Å². The zero-order chi connectivity index (χ0) is 26.7. The van der Waals surface area contributed by atoms with Gasteiger partial charge in [-0.2, -0.15) is 8.78 Å². The van der Waals surface area contributed by atoms with E-state index >= 15 is 8.78 Å². The van der Waals surface area contributed by atoms with Crippen molar-refractivity contribution in [1.82, 2.24) is 15.2 Å².